The molecule has 2 N–H and O–H groups in total. The third kappa shape index (κ3) is 4.63. The molecule has 0 unspecified atom stereocenters. The summed E-state index contributed by atoms with van der Waals surface area (Å²) < 4.78 is 5.23. The number of nitrogens with one attached hydrogen (secondary N) is 2. The van der Waals surface area contributed by atoms with Gasteiger partial charge in [0.2, 0.25) is 0 Å². The lowest BCUT2D eigenvalue weighted by Gasteiger charge is -2.10. The van der Waals surface area contributed by atoms with E-state index in [9.17, 15) is 4.79 Å². The van der Waals surface area contributed by atoms with Crippen LogP contribution in [0.4, 0.5) is 11.4 Å². The summed E-state index contributed by atoms with van der Waals surface area (Å²) in [6.07, 6.45) is 0.965. The second kappa shape index (κ2) is 8.72. The van der Waals surface area contributed by atoms with Crippen molar-refractivity contribution in [1.29, 1.82) is 0 Å². The molecular weight excluding hydrogens is 324 g/mol. The third-order valence-corrected chi connectivity index (χ3v) is 4.08. The SMILES string of the molecule is COc1ccccc1C(=O)Nc1ccc(NCCc2ccccc2)cc1. The molecule has 0 radical (unpaired) electrons. The zero-order chi connectivity index (χ0) is 18.2. The van der Waals surface area contributed by atoms with E-state index in [2.05, 4.69) is 34.9 Å². The number of methoxy groups -OCH3 is 1. The number of hydrogen-bond acceptors (Lipinski definition) is 3. The molecule has 0 spiro atoms. The molecule has 0 saturated heterocycles. The van der Waals surface area contributed by atoms with Crippen LogP contribution in [0.2, 0.25) is 0 Å². The molecule has 0 saturated carbocycles. The Hall–Kier alpha value is -3.27. The summed E-state index contributed by atoms with van der Waals surface area (Å²) in [5.74, 6) is 0.372. The van der Waals surface area contributed by atoms with Crippen LogP contribution in [-0.2, 0) is 6.42 Å². The van der Waals surface area contributed by atoms with Gasteiger partial charge in [0.1, 0.15) is 5.75 Å². The summed E-state index contributed by atoms with van der Waals surface area (Å²) in [6.45, 7) is 0.858. The molecule has 0 heterocycles. The van der Waals surface area contributed by atoms with Crippen LogP contribution in [0.5, 0.6) is 5.75 Å². The molecule has 0 fully saturated rings. The van der Waals surface area contributed by atoms with Crippen LogP contribution in [0.3, 0.4) is 0 Å². The normalized spacial score (nSPS) is 10.2. The fourth-order valence-corrected chi connectivity index (χ4v) is 2.70. The molecule has 0 aliphatic heterocycles. The van der Waals surface area contributed by atoms with E-state index in [1.54, 1.807) is 19.2 Å². The Morgan fingerprint density at radius 3 is 2.23 bits per heavy atom. The minimum absolute atomic E-state index is 0.188. The molecule has 4 heteroatoms. The highest BCUT2D eigenvalue weighted by molar-refractivity contribution is 6.06. The molecule has 4 nitrogen and oxygen atoms in total. The number of para-hydroxylation sites is 1. The van der Waals surface area contributed by atoms with Gasteiger partial charge in [-0.3, -0.25) is 4.79 Å². The van der Waals surface area contributed by atoms with Crippen molar-refractivity contribution < 1.29 is 9.53 Å². The number of benzene rings is 3. The average Bonchev–Trinajstić information content (AvgIpc) is 2.70. The lowest BCUT2D eigenvalue weighted by molar-refractivity contribution is 0.102. The number of hydrogen-bond donors (Lipinski definition) is 2. The van der Waals surface area contributed by atoms with Gasteiger partial charge in [-0.1, -0.05) is 42.5 Å². The van der Waals surface area contributed by atoms with E-state index >= 15 is 0 Å². The zero-order valence-electron chi connectivity index (χ0n) is 14.7. The molecular formula is C22H22N2O2. The monoisotopic (exact) mass is 346 g/mol. The van der Waals surface area contributed by atoms with Gasteiger partial charge < -0.3 is 15.4 Å². The van der Waals surface area contributed by atoms with Gasteiger partial charge in [-0.05, 0) is 48.4 Å². The van der Waals surface area contributed by atoms with E-state index in [0.717, 1.165) is 24.3 Å². The Morgan fingerprint density at radius 1 is 0.846 bits per heavy atom. The summed E-state index contributed by atoms with van der Waals surface area (Å²) in [5.41, 5.74) is 3.59. The third-order valence-electron chi connectivity index (χ3n) is 4.08. The van der Waals surface area contributed by atoms with Crippen molar-refractivity contribution in [1.82, 2.24) is 0 Å². The predicted molar refractivity (Wildman–Crippen MR) is 106 cm³/mol. The van der Waals surface area contributed by atoms with Gasteiger partial charge >= 0.3 is 0 Å². The van der Waals surface area contributed by atoms with Crippen LogP contribution in [-0.4, -0.2) is 19.6 Å². The molecule has 3 rings (SSSR count). The first-order chi connectivity index (χ1) is 12.8. The van der Waals surface area contributed by atoms with Gasteiger partial charge in [0, 0.05) is 17.9 Å². The van der Waals surface area contributed by atoms with Crippen LogP contribution in [0, 0.1) is 0 Å². The van der Waals surface area contributed by atoms with Crippen molar-refractivity contribution >= 4 is 17.3 Å². The summed E-state index contributed by atoms with van der Waals surface area (Å²) in [7, 11) is 1.56. The standard InChI is InChI=1S/C22H22N2O2/c1-26-21-10-6-5-9-20(21)22(25)24-19-13-11-18(12-14-19)23-16-15-17-7-3-2-4-8-17/h2-14,23H,15-16H2,1H3,(H,24,25). The first-order valence-corrected chi connectivity index (χ1v) is 8.58. The highest BCUT2D eigenvalue weighted by Crippen LogP contribution is 2.20. The Morgan fingerprint density at radius 2 is 1.50 bits per heavy atom. The van der Waals surface area contributed by atoms with Crippen LogP contribution >= 0.6 is 0 Å². The molecule has 3 aromatic rings. The number of rotatable bonds is 7. The number of amides is 1. The summed E-state index contributed by atoms with van der Waals surface area (Å²) >= 11 is 0. The maximum atomic E-state index is 12.4. The summed E-state index contributed by atoms with van der Waals surface area (Å²) in [4.78, 5) is 12.4. The molecule has 132 valence electrons. The minimum Gasteiger partial charge on any atom is -0.496 e. The van der Waals surface area contributed by atoms with E-state index in [0.29, 0.717) is 11.3 Å². The van der Waals surface area contributed by atoms with E-state index in [1.165, 1.54) is 5.56 Å². The highest BCUT2D eigenvalue weighted by atomic mass is 16.5. The van der Waals surface area contributed by atoms with Crippen LogP contribution < -0.4 is 15.4 Å². The second-order valence-electron chi connectivity index (χ2n) is 5.89. The Kier molecular flexibility index (Phi) is 5.88. The van der Waals surface area contributed by atoms with E-state index in [1.807, 2.05) is 42.5 Å². The average molecular weight is 346 g/mol. The van der Waals surface area contributed by atoms with Gasteiger partial charge in [-0.15, -0.1) is 0 Å². The first-order valence-electron chi connectivity index (χ1n) is 8.58. The zero-order valence-corrected chi connectivity index (χ0v) is 14.7. The van der Waals surface area contributed by atoms with Crippen molar-refractivity contribution in [2.75, 3.05) is 24.3 Å². The first kappa shape index (κ1) is 17.5. The van der Waals surface area contributed by atoms with Crippen LogP contribution in [0.15, 0.2) is 78.9 Å². The predicted octanol–water partition coefficient (Wildman–Crippen LogP) is 4.60. The number of ether oxygens (including phenoxy) is 1. The number of carbonyl (C=O) groups is 1. The second-order valence-corrected chi connectivity index (χ2v) is 5.89. The molecule has 1 amide bonds. The quantitative estimate of drug-likeness (QED) is 0.657. The molecule has 0 aliphatic carbocycles. The van der Waals surface area contributed by atoms with Gasteiger partial charge in [0.25, 0.3) is 5.91 Å². The number of anilines is 2. The van der Waals surface area contributed by atoms with Crippen molar-refractivity contribution in [3.8, 4) is 5.75 Å². The molecule has 0 aromatic heterocycles. The van der Waals surface area contributed by atoms with Gasteiger partial charge in [0.05, 0.1) is 12.7 Å². The van der Waals surface area contributed by atoms with Crippen LogP contribution in [0.1, 0.15) is 15.9 Å². The maximum absolute atomic E-state index is 12.4. The molecule has 3 aromatic carbocycles. The fourth-order valence-electron chi connectivity index (χ4n) is 2.70. The van der Waals surface area contributed by atoms with Gasteiger partial charge in [-0.2, -0.15) is 0 Å². The lowest BCUT2D eigenvalue weighted by atomic mass is 10.1. The maximum Gasteiger partial charge on any atom is 0.259 e. The topological polar surface area (TPSA) is 50.4 Å². The van der Waals surface area contributed by atoms with Gasteiger partial charge in [-0.25, -0.2) is 0 Å². The number of carbonyl (C=O) groups excluding carboxylic acids is 1. The van der Waals surface area contributed by atoms with E-state index < -0.39 is 0 Å². The Labute approximate surface area is 153 Å². The van der Waals surface area contributed by atoms with Crippen molar-refractivity contribution in [3.05, 3.63) is 90.0 Å². The summed E-state index contributed by atoms with van der Waals surface area (Å²) in [5, 5.41) is 6.29. The fraction of sp³-hybridized carbons (Fsp3) is 0.136. The minimum atomic E-state index is -0.188. The Balaban J connectivity index is 1.55. The van der Waals surface area contributed by atoms with Crippen molar-refractivity contribution in [2.24, 2.45) is 0 Å². The van der Waals surface area contributed by atoms with E-state index in [-0.39, 0.29) is 5.91 Å². The smallest absolute Gasteiger partial charge is 0.259 e. The summed E-state index contributed by atoms with van der Waals surface area (Å²) in [6, 6.07) is 25.2. The largest absolute Gasteiger partial charge is 0.496 e. The van der Waals surface area contributed by atoms with Crippen molar-refractivity contribution in [3.63, 3.8) is 0 Å². The molecule has 26 heavy (non-hydrogen) atoms. The molecule has 0 atom stereocenters. The van der Waals surface area contributed by atoms with E-state index in [4.69, 9.17) is 4.74 Å². The highest BCUT2D eigenvalue weighted by Gasteiger charge is 2.11. The van der Waals surface area contributed by atoms with Crippen LogP contribution in [0.25, 0.3) is 0 Å². The molecule has 0 aliphatic rings. The Bertz CT molecular complexity index is 846. The van der Waals surface area contributed by atoms with Crippen molar-refractivity contribution in [2.45, 2.75) is 6.42 Å². The lowest BCUT2D eigenvalue weighted by Crippen LogP contribution is -2.13. The molecule has 0 bridgehead atoms. The van der Waals surface area contributed by atoms with Gasteiger partial charge in [0.15, 0.2) is 0 Å².